The van der Waals surface area contributed by atoms with E-state index in [1.165, 1.54) is 0 Å². The molecule has 0 aromatic heterocycles. The molecule has 1 fully saturated rings. The first kappa shape index (κ1) is 21.1. The molecule has 1 atom stereocenters. The third kappa shape index (κ3) is 5.62. The summed E-state index contributed by atoms with van der Waals surface area (Å²) in [6.07, 6.45) is 4.00. The van der Waals surface area contributed by atoms with Crippen molar-refractivity contribution >= 4 is 12.0 Å². The van der Waals surface area contributed by atoms with E-state index in [2.05, 4.69) is 12.2 Å². The highest BCUT2D eigenvalue weighted by Crippen LogP contribution is 2.36. The maximum atomic E-state index is 12.9. The fraction of sp³-hybridized carbons (Fsp3) is 0.619. The standard InChI is InChI=1S/C21H32N2O4/c1-4-6-12-22-20(25)23-13-8-11-21(16-23,19(24)27-5-2)15-17-9-7-10-18(14-17)26-3/h7,9-10,14H,4-6,8,11-13,15-16H2,1-3H3,(H,22,25)/t21-/m1/s1. The summed E-state index contributed by atoms with van der Waals surface area (Å²) < 4.78 is 10.7. The minimum absolute atomic E-state index is 0.0949. The average molecular weight is 376 g/mol. The third-order valence-corrected chi connectivity index (χ3v) is 5.06. The SMILES string of the molecule is CCCCNC(=O)N1CCC[C@](Cc2cccc(OC)c2)(C(=O)OCC)C1. The number of hydrogen-bond donors (Lipinski definition) is 1. The Hall–Kier alpha value is -2.24. The zero-order chi connectivity index (χ0) is 19.7. The molecule has 0 unspecified atom stereocenters. The largest absolute Gasteiger partial charge is 0.497 e. The predicted octanol–water partition coefficient (Wildman–Crippen LogP) is 3.39. The van der Waals surface area contributed by atoms with Crippen molar-refractivity contribution in [3.05, 3.63) is 29.8 Å². The van der Waals surface area contributed by atoms with Crippen LogP contribution in [0.4, 0.5) is 4.79 Å². The van der Waals surface area contributed by atoms with Crippen molar-refractivity contribution in [3.8, 4) is 5.75 Å². The van der Waals surface area contributed by atoms with Gasteiger partial charge in [-0.2, -0.15) is 0 Å². The number of amides is 2. The van der Waals surface area contributed by atoms with Gasteiger partial charge in [-0.05, 0) is 50.3 Å². The van der Waals surface area contributed by atoms with Crippen LogP contribution in [0.2, 0.25) is 0 Å². The van der Waals surface area contributed by atoms with Crippen LogP contribution >= 0.6 is 0 Å². The van der Waals surface area contributed by atoms with E-state index in [4.69, 9.17) is 9.47 Å². The molecule has 0 saturated carbocycles. The number of urea groups is 1. The Balaban J connectivity index is 2.19. The summed E-state index contributed by atoms with van der Waals surface area (Å²) in [6.45, 7) is 5.94. The fourth-order valence-corrected chi connectivity index (χ4v) is 3.63. The molecule has 1 aromatic carbocycles. The second kappa shape index (κ2) is 10.2. The Morgan fingerprint density at radius 2 is 2.11 bits per heavy atom. The number of hydrogen-bond acceptors (Lipinski definition) is 4. The first-order valence-electron chi connectivity index (χ1n) is 9.87. The lowest BCUT2D eigenvalue weighted by molar-refractivity contribution is -0.158. The van der Waals surface area contributed by atoms with Crippen LogP contribution < -0.4 is 10.1 Å². The van der Waals surface area contributed by atoms with E-state index < -0.39 is 5.41 Å². The zero-order valence-corrected chi connectivity index (χ0v) is 16.8. The van der Waals surface area contributed by atoms with Gasteiger partial charge in [-0.25, -0.2) is 4.79 Å². The lowest BCUT2D eigenvalue weighted by atomic mass is 9.75. The van der Waals surface area contributed by atoms with Crippen LogP contribution in [-0.2, 0) is 16.0 Å². The van der Waals surface area contributed by atoms with Crippen LogP contribution in [0.25, 0.3) is 0 Å². The lowest BCUT2D eigenvalue weighted by Gasteiger charge is -2.41. The molecule has 0 spiro atoms. The summed E-state index contributed by atoms with van der Waals surface area (Å²) in [5, 5.41) is 2.96. The van der Waals surface area contributed by atoms with Gasteiger partial charge in [-0.3, -0.25) is 4.79 Å². The number of esters is 1. The van der Waals surface area contributed by atoms with Crippen molar-refractivity contribution in [2.24, 2.45) is 5.41 Å². The number of ether oxygens (including phenoxy) is 2. The Labute approximate surface area is 162 Å². The summed E-state index contributed by atoms with van der Waals surface area (Å²) in [5.41, 5.74) is 0.290. The van der Waals surface area contributed by atoms with Gasteiger partial charge in [0.25, 0.3) is 0 Å². The minimum Gasteiger partial charge on any atom is -0.497 e. The Bertz CT molecular complexity index is 634. The normalized spacial score (nSPS) is 19.4. The molecule has 150 valence electrons. The average Bonchev–Trinajstić information content (AvgIpc) is 2.68. The monoisotopic (exact) mass is 376 g/mol. The van der Waals surface area contributed by atoms with E-state index in [-0.39, 0.29) is 12.0 Å². The van der Waals surface area contributed by atoms with Gasteiger partial charge in [-0.1, -0.05) is 25.5 Å². The maximum absolute atomic E-state index is 12.9. The highest BCUT2D eigenvalue weighted by Gasteiger charge is 2.44. The number of carbonyl (C=O) groups excluding carboxylic acids is 2. The molecule has 1 aliphatic heterocycles. The number of nitrogens with zero attached hydrogens (tertiary/aromatic N) is 1. The van der Waals surface area contributed by atoms with Crippen LogP contribution in [-0.4, -0.2) is 50.3 Å². The van der Waals surface area contributed by atoms with Crippen molar-refractivity contribution in [1.82, 2.24) is 10.2 Å². The lowest BCUT2D eigenvalue weighted by Crippen LogP contribution is -2.54. The molecular formula is C21H32N2O4. The Morgan fingerprint density at radius 3 is 2.81 bits per heavy atom. The number of unbranched alkanes of at least 4 members (excludes halogenated alkanes) is 1. The van der Waals surface area contributed by atoms with Crippen LogP contribution in [0.1, 0.15) is 45.1 Å². The van der Waals surface area contributed by atoms with Crippen molar-refractivity contribution in [1.29, 1.82) is 0 Å². The summed E-state index contributed by atoms with van der Waals surface area (Å²) in [6, 6.07) is 7.65. The quantitative estimate of drug-likeness (QED) is 0.558. The number of likely N-dealkylation sites (tertiary alicyclic amines) is 1. The summed E-state index contributed by atoms with van der Waals surface area (Å²) in [7, 11) is 1.63. The van der Waals surface area contributed by atoms with Crippen LogP contribution in [0.3, 0.4) is 0 Å². The van der Waals surface area contributed by atoms with Crippen molar-refractivity contribution in [3.63, 3.8) is 0 Å². The van der Waals surface area contributed by atoms with Crippen molar-refractivity contribution in [2.45, 2.75) is 46.0 Å². The fourth-order valence-electron chi connectivity index (χ4n) is 3.63. The number of nitrogens with one attached hydrogen (secondary N) is 1. The number of rotatable bonds is 8. The predicted molar refractivity (Wildman–Crippen MR) is 105 cm³/mol. The second-order valence-electron chi connectivity index (χ2n) is 7.14. The van der Waals surface area contributed by atoms with Gasteiger partial charge in [0, 0.05) is 19.6 Å². The molecule has 27 heavy (non-hydrogen) atoms. The highest BCUT2D eigenvalue weighted by molar-refractivity contribution is 5.80. The van der Waals surface area contributed by atoms with Gasteiger partial charge < -0.3 is 19.7 Å². The van der Waals surface area contributed by atoms with Gasteiger partial charge >= 0.3 is 12.0 Å². The number of carbonyl (C=O) groups is 2. The molecule has 2 amide bonds. The molecule has 1 saturated heterocycles. The van der Waals surface area contributed by atoms with Crippen LogP contribution in [0, 0.1) is 5.41 Å². The second-order valence-corrected chi connectivity index (χ2v) is 7.14. The summed E-state index contributed by atoms with van der Waals surface area (Å²) >= 11 is 0. The summed E-state index contributed by atoms with van der Waals surface area (Å²) in [4.78, 5) is 27.2. The van der Waals surface area contributed by atoms with E-state index in [1.807, 2.05) is 31.2 Å². The van der Waals surface area contributed by atoms with Crippen molar-refractivity contribution in [2.75, 3.05) is 33.4 Å². The maximum Gasteiger partial charge on any atom is 0.317 e. The molecule has 6 heteroatoms. The molecule has 1 aliphatic rings. The molecule has 1 aromatic rings. The first-order chi connectivity index (χ1) is 13.0. The van der Waals surface area contributed by atoms with Gasteiger partial charge in [0.1, 0.15) is 5.75 Å². The smallest absolute Gasteiger partial charge is 0.317 e. The van der Waals surface area contributed by atoms with Crippen LogP contribution in [0.5, 0.6) is 5.75 Å². The first-order valence-corrected chi connectivity index (χ1v) is 9.87. The molecule has 1 heterocycles. The molecule has 0 aliphatic carbocycles. The van der Waals surface area contributed by atoms with E-state index in [0.717, 1.165) is 30.6 Å². The Morgan fingerprint density at radius 1 is 1.30 bits per heavy atom. The van der Waals surface area contributed by atoms with Gasteiger partial charge in [-0.15, -0.1) is 0 Å². The molecule has 0 radical (unpaired) electrons. The third-order valence-electron chi connectivity index (χ3n) is 5.06. The van der Waals surface area contributed by atoms with E-state index in [0.29, 0.717) is 39.1 Å². The highest BCUT2D eigenvalue weighted by atomic mass is 16.5. The number of benzene rings is 1. The molecule has 2 rings (SSSR count). The van der Waals surface area contributed by atoms with E-state index >= 15 is 0 Å². The topological polar surface area (TPSA) is 67.9 Å². The van der Waals surface area contributed by atoms with Crippen molar-refractivity contribution < 1.29 is 19.1 Å². The molecule has 1 N–H and O–H groups in total. The Kier molecular flexibility index (Phi) is 7.95. The number of piperidine rings is 1. The zero-order valence-electron chi connectivity index (χ0n) is 16.8. The van der Waals surface area contributed by atoms with E-state index in [9.17, 15) is 9.59 Å². The molecular weight excluding hydrogens is 344 g/mol. The van der Waals surface area contributed by atoms with Gasteiger partial charge in [0.2, 0.25) is 0 Å². The van der Waals surface area contributed by atoms with Gasteiger partial charge in [0.05, 0.1) is 19.1 Å². The summed E-state index contributed by atoms with van der Waals surface area (Å²) in [5.74, 6) is 0.537. The van der Waals surface area contributed by atoms with Gasteiger partial charge in [0.15, 0.2) is 0 Å². The minimum atomic E-state index is -0.720. The van der Waals surface area contributed by atoms with Crippen LogP contribution in [0.15, 0.2) is 24.3 Å². The molecule has 0 bridgehead atoms. The molecule has 6 nitrogen and oxygen atoms in total. The number of methoxy groups -OCH3 is 1. The van der Waals surface area contributed by atoms with E-state index in [1.54, 1.807) is 12.0 Å².